The molecule has 0 fully saturated rings. The van der Waals surface area contributed by atoms with Gasteiger partial charge in [0.2, 0.25) is 0 Å². The molecular weight excluding hydrogens is 207 g/mol. The van der Waals surface area contributed by atoms with Gasteiger partial charge in [0.15, 0.2) is 11.6 Å². The van der Waals surface area contributed by atoms with E-state index in [1.54, 1.807) is 19.1 Å². The minimum atomic E-state index is -0.656. The van der Waals surface area contributed by atoms with Crippen LogP contribution in [-0.2, 0) is 0 Å². The van der Waals surface area contributed by atoms with E-state index in [1.807, 2.05) is 6.92 Å². The summed E-state index contributed by atoms with van der Waals surface area (Å²) in [5.41, 5.74) is 0.563. The Morgan fingerprint density at radius 3 is 2.56 bits per heavy atom. The average Bonchev–Trinajstić information content (AvgIpc) is 2.21. The van der Waals surface area contributed by atoms with Crippen molar-refractivity contribution in [2.24, 2.45) is 0 Å². The Morgan fingerprint density at radius 2 is 2.06 bits per heavy atom. The zero-order valence-corrected chi connectivity index (χ0v) is 10.0. The SMILES string of the molecule is CCCC(C)Oc1ccc([C@H](C)O)cc1F. The van der Waals surface area contributed by atoms with Crippen molar-refractivity contribution in [2.75, 3.05) is 0 Å². The molecule has 0 aliphatic rings. The Balaban J connectivity index is 2.75. The molecule has 1 rings (SSSR count). The molecule has 1 N–H and O–H groups in total. The summed E-state index contributed by atoms with van der Waals surface area (Å²) < 4.78 is 19.0. The standard InChI is InChI=1S/C13H19FO2/c1-4-5-9(2)16-13-7-6-11(10(3)15)8-12(13)14/h6-10,15H,4-5H2,1-3H3/t9?,10-/m0/s1. The molecular formula is C13H19FO2. The van der Waals surface area contributed by atoms with E-state index in [2.05, 4.69) is 6.92 Å². The van der Waals surface area contributed by atoms with Gasteiger partial charge in [-0.1, -0.05) is 19.4 Å². The molecule has 0 radical (unpaired) electrons. The van der Waals surface area contributed by atoms with Crippen molar-refractivity contribution >= 4 is 0 Å². The maximum absolute atomic E-state index is 13.6. The molecule has 0 bridgehead atoms. The molecule has 0 aliphatic heterocycles. The van der Waals surface area contributed by atoms with Crippen molar-refractivity contribution in [1.82, 2.24) is 0 Å². The van der Waals surface area contributed by atoms with Crippen LogP contribution in [0.5, 0.6) is 5.75 Å². The number of hydrogen-bond acceptors (Lipinski definition) is 2. The molecule has 0 amide bonds. The molecule has 2 atom stereocenters. The van der Waals surface area contributed by atoms with E-state index in [4.69, 9.17) is 4.74 Å². The molecule has 0 aliphatic carbocycles. The Kier molecular flexibility index (Phi) is 4.74. The maximum atomic E-state index is 13.6. The average molecular weight is 226 g/mol. The van der Waals surface area contributed by atoms with Crippen LogP contribution < -0.4 is 4.74 Å². The van der Waals surface area contributed by atoms with Crippen molar-refractivity contribution in [3.8, 4) is 5.75 Å². The molecule has 0 saturated carbocycles. The van der Waals surface area contributed by atoms with Crippen LogP contribution in [0.3, 0.4) is 0 Å². The summed E-state index contributed by atoms with van der Waals surface area (Å²) in [5.74, 6) is -0.160. The second-order valence-electron chi connectivity index (χ2n) is 4.08. The van der Waals surface area contributed by atoms with Gasteiger partial charge in [0.05, 0.1) is 12.2 Å². The van der Waals surface area contributed by atoms with Crippen LogP contribution in [0.25, 0.3) is 0 Å². The largest absolute Gasteiger partial charge is 0.488 e. The fraction of sp³-hybridized carbons (Fsp3) is 0.538. The van der Waals surface area contributed by atoms with E-state index in [9.17, 15) is 9.50 Å². The van der Waals surface area contributed by atoms with Gasteiger partial charge in [-0.25, -0.2) is 4.39 Å². The predicted octanol–water partition coefficient (Wildman–Crippen LogP) is 3.45. The van der Waals surface area contributed by atoms with Gasteiger partial charge in [0.1, 0.15) is 0 Å². The predicted molar refractivity (Wildman–Crippen MR) is 62.0 cm³/mol. The molecule has 2 nitrogen and oxygen atoms in total. The fourth-order valence-corrected chi connectivity index (χ4v) is 1.55. The third-order valence-electron chi connectivity index (χ3n) is 2.46. The first kappa shape index (κ1) is 13.0. The highest BCUT2D eigenvalue weighted by molar-refractivity contribution is 5.30. The first-order valence-electron chi connectivity index (χ1n) is 5.68. The molecule has 0 spiro atoms. The van der Waals surface area contributed by atoms with Crippen LogP contribution in [0.15, 0.2) is 18.2 Å². The number of hydrogen-bond donors (Lipinski definition) is 1. The summed E-state index contributed by atoms with van der Waals surface area (Å²) in [7, 11) is 0. The Morgan fingerprint density at radius 1 is 1.38 bits per heavy atom. The molecule has 1 aromatic rings. The zero-order valence-electron chi connectivity index (χ0n) is 10.0. The van der Waals surface area contributed by atoms with Crippen molar-refractivity contribution < 1.29 is 14.2 Å². The lowest BCUT2D eigenvalue weighted by atomic mass is 10.1. The molecule has 1 aromatic carbocycles. The van der Waals surface area contributed by atoms with Gasteiger partial charge in [-0.15, -0.1) is 0 Å². The summed E-state index contributed by atoms with van der Waals surface area (Å²) >= 11 is 0. The van der Waals surface area contributed by atoms with Gasteiger partial charge in [0, 0.05) is 0 Å². The van der Waals surface area contributed by atoms with Gasteiger partial charge in [0.25, 0.3) is 0 Å². The van der Waals surface area contributed by atoms with Gasteiger partial charge in [-0.3, -0.25) is 0 Å². The van der Waals surface area contributed by atoms with E-state index in [1.165, 1.54) is 6.07 Å². The third-order valence-corrected chi connectivity index (χ3v) is 2.46. The zero-order chi connectivity index (χ0) is 12.1. The molecule has 0 saturated heterocycles. The van der Waals surface area contributed by atoms with E-state index >= 15 is 0 Å². The maximum Gasteiger partial charge on any atom is 0.165 e. The molecule has 0 heterocycles. The van der Waals surface area contributed by atoms with E-state index in [-0.39, 0.29) is 11.9 Å². The van der Waals surface area contributed by atoms with E-state index < -0.39 is 11.9 Å². The lowest BCUT2D eigenvalue weighted by Gasteiger charge is -2.15. The number of ether oxygens (including phenoxy) is 1. The molecule has 90 valence electrons. The monoisotopic (exact) mass is 226 g/mol. The quantitative estimate of drug-likeness (QED) is 0.833. The highest BCUT2D eigenvalue weighted by Gasteiger charge is 2.10. The normalized spacial score (nSPS) is 14.6. The first-order chi connectivity index (χ1) is 7.54. The fourth-order valence-electron chi connectivity index (χ4n) is 1.55. The topological polar surface area (TPSA) is 29.5 Å². The minimum Gasteiger partial charge on any atom is -0.488 e. The molecule has 0 aromatic heterocycles. The molecule has 3 heteroatoms. The second-order valence-corrected chi connectivity index (χ2v) is 4.08. The smallest absolute Gasteiger partial charge is 0.165 e. The van der Waals surface area contributed by atoms with Crippen molar-refractivity contribution in [3.05, 3.63) is 29.6 Å². The second kappa shape index (κ2) is 5.85. The number of halogens is 1. The van der Waals surface area contributed by atoms with Gasteiger partial charge >= 0.3 is 0 Å². The van der Waals surface area contributed by atoms with Crippen molar-refractivity contribution in [3.63, 3.8) is 0 Å². The lowest BCUT2D eigenvalue weighted by molar-refractivity contribution is 0.193. The summed E-state index contributed by atoms with van der Waals surface area (Å²) in [6.07, 6.45) is 1.26. The Labute approximate surface area is 96.1 Å². The summed E-state index contributed by atoms with van der Waals surface area (Å²) in [4.78, 5) is 0. The highest BCUT2D eigenvalue weighted by Crippen LogP contribution is 2.23. The van der Waals surface area contributed by atoms with Crippen molar-refractivity contribution in [2.45, 2.75) is 45.8 Å². The first-order valence-corrected chi connectivity index (χ1v) is 5.68. The van der Waals surface area contributed by atoms with E-state index in [0.717, 1.165) is 12.8 Å². The van der Waals surface area contributed by atoms with E-state index in [0.29, 0.717) is 5.56 Å². The summed E-state index contributed by atoms with van der Waals surface area (Å²) in [6.45, 7) is 5.59. The third kappa shape index (κ3) is 3.49. The highest BCUT2D eigenvalue weighted by atomic mass is 19.1. The number of aliphatic hydroxyl groups excluding tert-OH is 1. The molecule has 16 heavy (non-hydrogen) atoms. The Bertz CT molecular complexity index is 337. The summed E-state index contributed by atoms with van der Waals surface area (Å²) in [6, 6.07) is 4.57. The number of benzene rings is 1. The van der Waals surface area contributed by atoms with Crippen molar-refractivity contribution in [1.29, 1.82) is 0 Å². The van der Waals surface area contributed by atoms with Crippen LogP contribution >= 0.6 is 0 Å². The number of rotatable bonds is 5. The van der Waals surface area contributed by atoms with Crippen LogP contribution in [0, 0.1) is 5.82 Å². The van der Waals surface area contributed by atoms with Crippen LogP contribution in [0.2, 0.25) is 0 Å². The van der Waals surface area contributed by atoms with Gasteiger partial charge in [-0.2, -0.15) is 0 Å². The van der Waals surface area contributed by atoms with Gasteiger partial charge in [-0.05, 0) is 38.0 Å². The van der Waals surface area contributed by atoms with Crippen LogP contribution in [-0.4, -0.2) is 11.2 Å². The lowest BCUT2D eigenvalue weighted by Crippen LogP contribution is -2.12. The molecule has 1 unspecified atom stereocenters. The minimum absolute atomic E-state index is 0.0110. The Hall–Kier alpha value is -1.09. The van der Waals surface area contributed by atoms with Crippen LogP contribution in [0.1, 0.15) is 45.3 Å². The number of aliphatic hydroxyl groups is 1. The van der Waals surface area contributed by atoms with Crippen LogP contribution in [0.4, 0.5) is 4.39 Å². The van der Waals surface area contributed by atoms with Gasteiger partial charge < -0.3 is 9.84 Å². The summed E-state index contributed by atoms with van der Waals surface area (Å²) in [5, 5.41) is 9.30.